The molecule has 10 heteroatoms. The summed E-state index contributed by atoms with van der Waals surface area (Å²) in [5.41, 5.74) is 0. The van der Waals surface area contributed by atoms with E-state index in [1.165, 1.54) is 83.5 Å². The minimum absolute atomic E-state index is 0. The Labute approximate surface area is 224 Å². The summed E-state index contributed by atoms with van der Waals surface area (Å²) < 4.78 is 31.6. The van der Waals surface area contributed by atoms with Crippen molar-refractivity contribution in [3.63, 3.8) is 0 Å². The van der Waals surface area contributed by atoms with Gasteiger partial charge < -0.3 is 5.11 Å². The fraction of sp³-hybridized carbons (Fsp3) is 0.944. The van der Waals surface area contributed by atoms with Gasteiger partial charge in [-0.05, 0) is 6.42 Å². The van der Waals surface area contributed by atoms with E-state index in [1.54, 1.807) is 0 Å². The minimum atomic E-state index is -4.67. The van der Waals surface area contributed by atoms with Gasteiger partial charge in [0.1, 0.15) is 0 Å². The van der Waals surface area contributed by atoms with Crippen molar-refractivity contribution in [1.29, 1.82) is 0 Å². The van der Waals surface area contributed by atoms with Crippen LogP contribution in [0.4, 0.5) is 0 Å². The topological polar surface area (TPSA) is 112 Å². The third-order valence-corrected chi connectivity index (χ3v) is 3.99. The van der Waals surface area contributed by atoms with E-state index in [0.717, 1.165) is 12.8 Å². The number of carboxylic acid groups (broad SMARTS) is 1. The fourth-order valence-corrected chi connectivity index (χ4v) is 2.65. The zero-order valence-electron chi connectivity index (χ0n) is 16.3. The Morgan fingerprint density at radius 3 is 1.07 bits per heavy atom. The number of unbranched alkanes of at least 4 members (excludes halogenated alkanes) is 14. The van der Waals surface area contributed by atoms with E-state index >= 15 is 0 Å². The Morgan fingerprint density at radius 2 is 0.857 bits per heavy atom. The quantitative estimate of drug-likeness (QED) is 0.176. The average molecular weight is 465 g/mol. The molecule has 6 nitrogen and oxygen atoms in total. The summed E-state index contributed by atoms with van der Waals surface area (Å²) in [6.45, 7) is 2.27. The standard InChI is InChI=1S/C18H36O2.2Na.H2O4S.H2S.2H/c1-2-3-4-5-6-7-8-9-10-11-12-13-14-15-16-17-18(19)20;;;1-5(2,3)4;;;/h2-17H2,1H3,(H,19,20);;;(H2,1,2,3,4);1H2;;. The van der Waals surface area contributed by atoms with Crippen molar-refractivity contribution >= 4 is 89.0 Å². The molecule has 28 heavy (non-hydrogen) atoms. The van der Waals surface area contributed by atoms with Crippen molar-refractivity contribution < 1.29 is 27.4 Å². The second-order valence-electron chi connectivity index (χ2n) is 6.54. The molecule has 0 rings (SSSR count). The molecule has 164 valence electrons. The van der Waals surface area contributed by atoms with E-state index in [4.69, 9.17) is 22.6 Å². The van der Waals surface area contributed by atoms with Gasteiger partial charge in [-0.25, -0.2) is 0 Å². The monoisotopic (exact) mass is 464 g/mol. The Morgan fingerprint density at radius 1 is 0.643 bits per heavy atom. The molecule has 0 aromatic rings. The number of carboxylic acids is 1. The zero-order chi connectivity index (χ0) is 19.4. The van der Waals surface area contributed by atoms with Crippen LogP contribution in [0, 0.1) is 0 Å². The number of aliphatic carboxylic acids is 1. The molecule has 0 radical (unpaired) electrons. The molecule has 0 heterocycles. The second kappa shape index (κ2) is 30.9. The van der Waals surface area contributed by atoms with Crippen molar-refractivity contribution in [2.45, 2.75) is 110 Å². The van der Waals surface area contributed by atoms with Crippen LogP contribution in [0.3, 0.4) is 0 Å². The molecule has 0 saturated carbocycles. The van der Waals surface area contributed by atoms with Crippen molar-refractivity contribution in [1.82, 2.24) is 0 Å². The molecule has 0 atom stereocenters. The molecule has 0 spiro atoms. The maximum absolute atomic E-state index is 10.3. The fourth-order valence-electron chi connectivity index (χ4n) is 2.65. The summed E-state index contributed by atoms with van der Waals surface area (Å²) in [6.07, 6.45) is 20.2. The van der Waals surface area contributed by atoms with Crippen LogP contribution in [0.15, 0.2) is 0 Å². The van der Waals surface area contributed by atoms with Crippen LogP contribution in [0.2, 0.25) is 0 Å². The molecule has 0 aliphatic heterocycles. The first kappa shape index (κ1) is 40.1. The molecule has 0 aromatic carbocycles. The van der Waals surface area contributed by atoms with E-state index < -0.39 is 16.4 Å². The second-order valence-corrected chi connectivity index (χ2v) is 7.44. The molecular weight excluding hydrogens is 422 g/mol. The molecule has 0 amide bonds. The normalized spacial score (nSPS) is 9.82. The van der Waals surface area contributed by atoms with Crippen LogP contribution in [0.1, 0.15) is 110 Å². The van der Waals surface area contributed by atoms with E-state index in [9.17, 15) is 4.79 Å². The van der Waals surface area contributed by atoms with Crippen LogP contribution >= 0.6 is 13.5 Å². The molecule has 0 aliphatic rings. The summed E-state index contributed by atoms with van der Waals surface area (Å²) in [4.78, 5) is 10.3. The molecule has 0 saturated heterocycles. The molecule has 0 unspecified atom stereocenters. The summed E-state index contributed by atoms with van der Waals surface area (Å²) >= 11 is 0. The third kappa shape index (κ3) is 56.5. The molecular formula is C18H42Na2O6S2. The van der Waals surface area contributed by atoms with Crippen LogP contribution in [-0.4, -0.2) is 87.7 Å². The van der Waals surface area contributed by atoms with E-state index in [-0.39, 0.29) is 72.6 Å². The van der Waals surface area contributed by atoms with Crippen LogP contribution in [0.5, 0.6) is 0 Å². The first-order chi connectivity index (χ1) is 11.8. The molecule has 0 aromatic heterocycles. The summed E-state index contributed by atoms with van der Waals surface area (Å²) in [5, 5.41) is 8.52. The van der Waals surface area contributed by atoms with Crippen LogP contribution < -0.4 is 0 Å². The van der Waals surface area contributed by atoms with Crippen molar-refractivity contribution in [2.24, 2.45) is 0 Å². The zero-order valence-corrected chi connectivity index (χ0v) is 18.1. The SMILES string of the molecule is CCCCCCCCCCCCCCCCCC(=O)O.O=S(=O)(O)O.S.[NaH].[NaH]. The Balaban J connectivity index is -0.000000195. The molecule has 0 aliphatic carbocycles. The van der Waals surface area contributed by atoms with Crippen molar-refractivity contribution in [2.75, 3.05) is 0 Å². The van der Waals surface area contributed by atoms with Gasteiger partial charge in [-0.3, -0.25) is 13.9 Å². The number of rotatable bonds is 16. The van der Waals surface area contributed by atoms with E-state index in [0.29, 0.717) is 6.42 Å². The molecule has 3 N–H and O–H groups in total. The van der Waals surface area contributed by atoms with E-state index in [1.807, 2.05) is 0 Å². The van der Waals surface area contributed by atoms with E-state index in [2.05, 4.69) is 6.92 Å². The van der Waals surface area contributed by atoms with Gasteiger partial charge >= 0.3 is 75.5 Å². The van der Waals surface area contributed by atoms with Gasteiger partial charge in [0.05, 0.1) is 0 Å². The summed E-state index contributed by atoms with van der Waals surface area (Å²) in [7, 11) is -4.67. The van der Waals surface area contributed by atoms with Gasteiger partial charge in [-0.1, -0.05) is 96.8 Å². The maximum atomic E-state index is 10.3. The third-order valence-electron chi connectivity index (χ3n) is 3.99. The Kier molecular flexibility index (Phi) is 44.2. The summed E-state index contributed by atoms with van der Waals surface area (Å²) in [5.74, 6) is -0.653. The van der Waals surface area contributed by atoms with Gasteiger partial charge in [0, 0.05) is 6.42 Å². The van der Waals surface area contributed by atoms with Crippen molar-refractivity contribution in [3.05, 3.63) is 0 Å². The molecule has 0 fully saturated rings. The van der Waals surface area contributed by atoms with Gasteiger partial charge in [0.25, 0.3) is 0 Å². The first-order valence-corrected chi connectivity index (χ1v) is 11.1. The first-order valence-electron chi connectivity index (χ1n) is 9.69. The number of carbonyl (C=O) groups is 1. The summed E-state index contributed by atoms with van der Waals surface area (Å²) in [6, 6.07) is 0. The van der Waals surface area contributed by atoms with Crippen LogP contribution in [-0.2, 0) is 15.2 Å². The van der Waals surface area contributed by atoms with Crippen LogP contribution in [0.25, 0.3) is 0 Å². The molecule has 0 bridgehead atoms. The van der Waals surface area contributed by atoms with Gasteiger partial charge in [0.15, 0.2) is 0 Å². The predicted octanol–water partition coefficient (Wildman–Crippen LogP) is 4.50. The van der Waals surface area contributed by atoms with Gasteiger partial charge in [0.2, 0.25) is 0 Å². The van der Waals surface area contributed by atoms with Crippen molar-refractivity contribution in [3.8, 4) is 0 Å². The van der Waals surface area contributed by atoms with Gasteiger partial charge in [-0.2, -0.15) is 21.9 Å². The average Bonchev–Trinajstić information content (AvgIpc) is 2.49. The predicted molar refractivity (Wildman–Crippen MR) is 126 cm³/mol. The Hall–Kier alpha value is 1.69. The number of hydrogen-bond acceptors (Lipinski definition) is 3. The number of hydrogen-bond donors (Lipinski definition) is 3. The van der Waals surface area contributed by atoms with Gasteiger partial charge in [-0.15, -0.1) is 0 Å². The Bertz CT molecular complexity index is 388.